The van der Waals surface area contributed by atoms with E-state index in [1.54, 1.807) is 50.2 Å². The topological polar surface area (TPSA) is 128 Å². The standard InChI is InChI=1S/C20H19N5O5/c1-3-29-19(27)16-14(21-20(28)22-17(16)15-9-8-11(2)30-15)10-25-18(26)12-6-4-5-7-13(12)23-24-25/h4-9,17H,3,10H2,1-2H3,(H2,21,22,28). The molecule has 4 rings (SSSR count). The summed E-state index contributed by atoms with van der Waals surface area (Å²) in [6.07, 6.45) is 0. The van der Waals surface area contributed by atoms with E-state index in [1.807, 2.05) is 0 Å². The van der Waals surface area contributed by atoms with Crippen molar-refractivity contribution in [3.8, 4) is 0 Å². The van der Waals surface area contributed by atoms with E-state index in [1.165, 1.54) is 0 Å². The van der Waals surface area contributed by atoms with Gasteiger partial charge in [0, 0.05) is 0 Å². The van der Waals surface area contributed by atoms with Crippen LogP contribution in [0.5, 0.6) is 0 Å². The molecule has 10 heteroatoms. The van der Waals surface area contributed by atoms with Gasteiger partial charge in [-0.25, -0.2) is 14.3 Å². The molecule has 0 fully saturated rings. The maximum atomic E-state index is 12.8. The Hall–Kier alpha value is -3.95. The predicted octanol–water partition coefficient (Wildman–Crippen LogP) is 1.56. The summed E-state index contributed by atoms with van der Waals surface area (Å²) in [7, 11) is 0. The van der Waals surface area contributed by atoms with Crippen molar-refractivity contribution >= 4 is 22.9 Å². The van der Waals surface area contributed by atoms with E-state index in [9.17, 15) is 14.4 Å². The SMILES string of the molecule is CCOC(=O)C1=C(Cn2nnc3ccccc3c2=O)NC(=O)NC1c1ccc(C)o1. The number of aryl methyl sites for hydroxylation is 1. The smallest absolute Gasteiger partial charge is 0.338 e. The van der Waals surface area contributed by atoms with Crippen LogP contribution in [0.25, 0.3) is 10.9 Å². The number of benzene rings is 1. The Bertz CT molecular complexity index is 1230. The van der Waals surface area contributed by atoms with Crippen LogP contribution in [0.15, 0.2) is 56.9 Å². The molecule has 2 amide bonds. The lowest BCUT2D eigenvalue weighted by molar-refractivity contribution is -0.139. The maximum Gasteiger partial charge on any atom is 0.338 e. The molecular weight excluding hydrogens is 390 g/mol. The van der Waals surface area contributed by atoms with E-state index in [4.69, 9.17) is 9.15 Å². The molecular formula is C20H19N5O5. The zero-order valence-electron chi connectivity index (χ0n) is 16.3. The Kier molecular flexibility index (Phi) is 5.05. The van der Waals surface area contributed by atoms with Crippen LogP contribution in [-0.2, 0) is 16.1 Å². The number of amides is 2. The molecule has 3 heterocycles. The molecule has 154 valence electrons. The van der Waals surface area contributed by atoms with Gasteiger partial charge in [0.1, 0.15) is 23.1 Å². The van der Waals surface area contributed by atoms with Gasteiger partial charge in [-0.1, -0.05) is 17.3 Å². The molecule has 1 aliphatic heterocycles. The van der Waals surface area contributed by atoms with Crippen molar-refractivity contribution in [3.05, 3.63) is 69.5 Å². The quantitative estimate of drug-likeness (QED) is 0.612. The number of ether oxygens (including phenoxy) is 1. The monoisotopic (exact) mass is 409 g/mol. The van der Waals surface area contributed by atoms with Gasteiger partial charge in [-0.3, -0.25) is 4.79 Å². The van der Waals surface area contributed by atoms with Gasteiger partial charge in [0.05, 0.1) is 29.8 Å². The summed E-state index contributed by atoms with van der Waals surface area (Å²) in [5.41, 5.74) is 0.377. The van der Waals surface area contributed by atoms with Crippen LogP contribution in [0.4, 0.5) is 4.79 Å². The normalized spacial score (nSPS) is 16.3. The van der Waals surface area contributed by atoms with Crippen molar-refractivity contribution in [3.63, 3.8) is 0 Å². The van der Waals surface area contributed by atoms with Crippen molar-refractivity contribution in [2.75, 3.05) is 6.61 Å². The molecule has 1 unspecified atom stereocenters. The highest BCUT2D eigenvalue weighted by Crippen LogP contribution is 2.29. The van der Waals surface area contributed by atoms with Crippen LogP contribution in [0.3, 0.4) is 0 Å². The minimum absolute atomic E-state index is 0.132. The molecule has 2 N–H and O–H groups in total. The highest BCUT2D eigenvalue weighted by atomic mass is 16.5. The number of nitrogens with zero attached hydrogens (tertiary/aromatic N) is 3. The number of rotatable bonds is 5. The van der Waals surface area contributed by atoms with E-state index in [0.717, 1.165) is 4.68 Å². The van der Waals surface area contributed by atoms with Crippen LogP contribution in [0.1, 0.15) is 24.5 Å². The molecule has 1 aliphatic rings. The summed E-state index contributed by atoms with van der Waals surface area (Å²) in [5, 5.41) is 13.6. The number of carbonyl (C=O) groups is 2. The molecule has 2 aromatic heterocycles. The Balaban J connectivity index is 1.82. The first-order valence-electron chi connectivity index (χ1n) is 9.34. The molecule has 10 nitrogen and oxygen atoms in total. The third-order valence-electron chi connectivity index (χ3n) is 4.63. The molecule has 0 saturated heterocycles. The van der Waals surface area contributed by atoms with Gasteiger partial charge in [-0.15, -0.1) is 5.10 Å². The highest BCUT2D eigenvalue weighted by molar-refractivity contribution is 5.95. The lowest BCUT2D eigenvalue weighted by Gasteiger charge is -2.27. The third-order valence-corrected chi connectivity index (χ3v) is 4.63. The summed E-state index contributed by atoms with van der Waals surface area (Å²) < 4.78 is 11.9. The minimum Gasteiger partial charge on any atom is -0.464 e. The molecule has 0 bridgehead atoms. The van der Waals surface area contributed by atoms with Gasteiger partial charge in [0.15, 0.2) is 0 Å². The van der Waals surface area contributed by atoms with Gasteiger partial charge in [-0.2, -0.15) is 0 Å². The summed E-state index contributed by atoms with van der Waals surface area (Å²) in [6, 6.07) is 8.78. The number of aromatic nitrogens is 3. The Morgan fingerprint density at radius 3 is 2.77 bits per heavy atom. The number of fused-ring (bicyclic) bond motifs is 1. The zero-order valence-corrected chi connectivity index (χ0v) is 16.3. The summed E-state index contributed by atoms with van der Waals surface area (Å²) >= 11 is 0. The van der Waals surface area contributed by atoms with Crippen molar-refractivity contribution in [2.45, 2.75) is 26.4 Å². The zero-order chi connectivity index (χ0) is 21.3. The van der Waals surface area contributed by atoms with E-state index in [-0.39, 0.29) is 24.4 Å². The lowest BCUT2D eigenvalue weighted by atomic mass is 10.00. The fourth-order valence-electron chi connectivity index (χ4n) is 3.29. The number of urea groups is 1. The Morgan fingerprint density at radius 2 is 2.03 bits per heavy atom. The highest BCUT2D eigenvalue weighted by Gasteiger charge is 2.35. The predicted molar refractivity (Wildman–Crippen MR) is 105 cm³/mol. The summed E-state index contributed by atoms with van der Waals surface area (Å²) in [6.45, 7) is 3.40. The van der Waals surface area contributed by atoms with Gasteiger partial charge in [0.2, 0.25) is 0 Å². The molecule has 1 atom stereocenters. The maximum absolute atomic E-state index is 12.8. The number of allylic oxidation sites excluding steroid dienone is 1. The number of esters is 1. The fraction of sp³-hybridized carbons (Fsp3) is 0.250. The van der Waals surface area contributed by atoms with Gasteiger partial charge < -0.3 is 19.8 Å². The van der Waals surface area contributed by atoms with Crippen LogP contribution in [0.2, 0.25) is 0 Å². The molecule has 3 aromatic rings. The summed E-state index contributed by atoms with van der Waals surface area (Å²) in [4.78, 5) is 37.9. The molecule has 0 radical (unpaired) electrons. The van der Waals surface area contributed by atoms with Gasteiger partial charge in [-0.05, 0) is 38.1 Å². The number of nitrogens with one attached hydrogen (secondary N) is 2. The largest absolute Gasteiger partial charge is 0.464 e. The van der Waals surface area contributed by atoms with Crippen molar-refractivity contribution in [2.24, 2.45) is 0 Å². The average molecular weight is 409 g/mol. The number of hydrogen-bond donors (Lipinski definition) is 2. The lowest BCUT2D eigenvalue weighted by Crippen LogP contribution is -2.47. The van der Waals surface area contributed by atoms with E-state index < -0.39 is 23.6 Å². The first kappa shape index (κ1) is 19.4. The summed E-state index contributed by atoms with van der Waals surface area (Å²) in [5.74, 6) is 0.361. The number of furan rings is 1. The van der Waals surface area contributed by atoms with Crippen molar-refractivity contribution < 1.29 is 18.7 Å². The Morgan fingerprint density at radius 1 is 1.23 bits per heavy atom. The second-order valence-electron chi connectivity index (χ2n) is 6.66. The van der Waals surface area contributed by atoms with E-state index >= 15 is 0 Å². The van der Waals surface area contributed by atoms with Crippen LogP contribution in [0, 0.1) is 6.92 Å². The van der Waals surface area contributed by atoms with Crippen LogP contribution < -0.4 is 16.2 Å². The number of hydrogen-bond acceptors (Lipinski definition) is 7. The Labute approximate surface area is 170 Å². The minimum atomic E-state index is -0.870. The van der Waals surface area contributed by atoms with E-state index in [0.29, 0.717) is 22.4 Å². The van der Waals surface area contributed by atoms with Crippen molar-refractivity contribution in [1.29, 1.82) is 0 Å². The van der Waals surface area contributed by atoms with Gasteiger partial charge in [0.25, 0.3) is 5.56 Å². The molecule has 0 saturated carbocycles. The number of carbonyl (C=O) groups excluding carboxylic acids is 2. The second-order valence-corrected chi connectivity index (χ2v) is 6.66. The van der Waals surface area contributed by atoms with Crippen LogP contribution in [-0.4, -0.2) is 33.6 Å². The average Bonchev–Trinajstić information content (AvgIpc) is 3.16. The van der Waals surface area contributed by atoms with Crippen LogP contribution >= 0.6 is 0 Å². The molecule has 1 aromatic carbocycles. The first-order valence-corrected chi connectivity index (χ1v) is 9.34. The molecule has 0 aliphatic carbocycles. The molecule has 30 heavy (non-hydrogen) atoms. The van der Waals surface area contributed by atoms with Gasteiger partial charge >= 0.3 is 12.0 Å². The fourth-order valence-corrected chi connectivity index (χ4v) is 3.29. The van der Waals surface area contributed by atoms with Crippen molar-refractivity contribution in [1.82, 2.24) is 25.6 Å². The molecule has 0 spiro atoms. The third kappa shape index (κ3) is 3.54. The first-order chi connectivity index (χ1) is 14.5. The second kappa shape index (κ2) is 7.82. The van der Waals surface area contributed by atoms with E-state index in [2.05, 4.69) is 20.9 Å².